The van der Waals surface area contributed by atoms with Gasteiger partial charge in [-0.15, -0.1) is 11.3 Å². The standard InChI is InChI=1S/C15H19BrN2S/c1-10-13(8-15(2,3)9-17)19-14(18-10)11-6-4-5-7-12(11)16/h4-7H,8-9,17H2,1-3H3. The Labute approximate surface area is 127 Å². The van der Waals surface area contributed by atoms with Crippen LogP contribution in [0.4, 0.5) is 0 Å². The van der Waals surface area contributed by atoms with E-state index in [1.54, 1.807) is 11.3 Å². The topological polar surface area (TPSA) is 38.9 Å². The molecule has 2 aromatic rings. The Balaban J connectivity index is 2.34. The third-order valence-electron chi connectivity index (χ3n) is 3.19. The van der Waals surface area contributed by atoms with Gasteiger partial charge in [0.05, 0.1) is 5.69 Å². The molecule has 0 radical (unpaired) electrons. The molecule has 1 aromatic carbocycles. The molecule has 2 N–H and O–H groups in total. The molecular formula is C15H19BrN2S. The van der Waals surface area contributed by atoms with Crippen LogP contribution in [0.1, 0.15) is 24.4 Å². The molecule has 2 rings (SSSR count). The second kappa shape index (κ2) is 5.73. The Morgan fingerprint density at radius 1 is 1.32 bits per heavy atom. The molecule has 0 bridgehead atoms. The quantitative estimate of drug-likeness (QED) is 0.896. The smallest absolute Gasteiger partial charge is 0.124 e. The summed E-state index contributed by atoms with van der Waals surface area (Å²) in [4.78, 5) is 6.04. The SMILES string of the molecule is Cc1nc(-c2ccccc2Br)sc1CC(C)(C)CN. The Morgan fingerprint density at radius 3 is 2.63 bits per heavy atom. The van der Waals surface area contributed by atoms with Crippen molar-refractivity contribution in [3.63, 3.8) is 0 Å². The molecule has 0 saturated carbocycles. The zero-order chi connectivity index (χ0) is 14.0. The molecule has 102 valence electrons. The predicted octanol–water partition coefficient (Wildman–Crippen LogP) is 4.41. The highest BCUT2D eigenvalue weighted by Crippen LogP contribution is 2.35. The second-order valence-corrected chi connectivity index (χ2v) is 7.49. The Hall–Kier alpha value is -0.710. The van der Waals surface area contributed by atoms with Crippen LogP contribution in [-0.4, -0.2) is 11.5 Å². The largest absolute Gasteiger partial charge is 0.330 e. The van der Waals surface area contributed by atoms with E-state index in [0.29, 0.717) is 6.54 Å². The molecule has 0 amide bonds. The highest BCUT2D eigenvalue weighted by Gasteiger charge is 2.20. The molecule has 0 unspecified atom stereocenters. The maximum atomic E-state index is 5.82. The van der Waals surface area contributed by atoms with Gasteiger partial charge in [-0.2, -0.15) is 0 Å². The van der Waals surface area contributed by atoms with Crippen molar-refractivity contribution in [1.29, 1.82) is 0 Å². The number of rotatable bonds is 4. The molecule has 1 heterocycles. The van der Waals surface area contributed by atoms with Crippen molar-refractivity contribution < 1.29 is 0 Å². The van der Waals surface area contributed by atoms with Crippen LogP contribution in [0.5, 0.6) is 0 Å². The lowest BCUT2D eigenvalue weighted by Gasteiger charge is -2.21. The minimum absolute atomic E-state index is 0.127. The van der Waals surface area contributed by atoms with Crippen molar-refractivity contribution in [2.75, 3.05) is 6.54 Å². The third kappa shape index (κ3) is 3.44. The van der Waals surface area contributed by atoms with Crippen molar-refractivity contribution in [2.45, 2.75) is 27.2 Å². The molecule has 0 spiro atoms. The Kier molecular flexibility index (Phi) is 4.43. The first kappa shape index (κ1) is 14.7. The average molecular weight is 339 g/mol. The molecule has 19 heavy (non-hydrogen) atoms. The zero-order valence-electron chi connectivity index (χ0n) is 11.5. The maximum absolute atomic E-state index is 5.82. The summed E-state index contributed by atoms with van der Waals surface area (Å²) in [6.45, 7) is 7.17. The van der Waals surface area contributed by atoms with Crippen molar-refractivity contribution in [2.24, 2.45) is 11.1 Å². The summed E-state index contributed by atoms with van der Waals surface area (Å²) in [5.74, 6) is 0. The summed E-state index contributed by atoms with van der Waals surface area (Å²) in [7, 11) is 0. The van der Waals surface area contributed by atoms with Gasteiger partial charge in [0.25, 0.3) is 0 Å². The number of nitrogens with zero attached hydrogens (tertiary/aromatic N) is 1. The summed E-state index contributed by atoms with van der Waals surface area (Å²) in [6.07, 6.45) is 0.984. The van der Waals surface area contributed by atoms with Crippen molar-refractivity contribution >= 4 is 27.3 Å². The Morgan fingerprint density at radius 2 is 2.00 bits per heavy atom. The van der Waals surface area contributed by atoms with Crippen molar-refractivity contribution in [3.8, 4) is 10.6 Å². The number of hydrogen-bond acceptors (Lipinski definition) is 3. The van der Waals surface area contributed by atoms with Gasteiger partial charge in [-0.3, -0.25) is 0 Å². The van der Waals surface area contributed by atoms with Crippen LogP contribution in [0.25, 0.3) is 10.6 Å². The number of benzene rings is 1. The van der Waals surface area contributed by atoms with Crippen LogP contribution >= 0.6 is 27.3 Å². The molecule has 0 aliphatic rings. The fraction of sp³-hybridized carbons (Fsp3) is 0.400. The normalized spacial score (nSPS) is 11.8. The van der Waals surface area contributed by atoms with Crippen molar-refractivity contribution in [1.82, 2.24) is 4.98 Å². The molecule has 2 nitrogen and oxygen atoms in total. The van der Waals surface area contributed by atoms with Crippen LogP contribution in [0.3, 0.4) is 0 Å². The van der Waals surface area contributed by atoms with Crippen LogP contribution in [0.15, 0.2) is 28.7 Å². The van der Waals surface area contributed by atoms with Crippen LogP contribution in [0.2, 0.25) is 0 Å². The first-order valence-corrected chi connectivity index (χ1v) is 7.95. The first-order valence-electron chi connectivity index (χ1n) is 6.34. The lowest BCUT2D eigenvalue weighted by atomic mass is 9.88. The van der Waals surface area contributed by atoms with E-state index in [1.807, 2.05) is 12.1 Å². The summed E-state index contributed by atoms with van der Waals surface area (Å²) in [6, 6.07) is 8.21. The van der Waals surface area contributed by atoms with Gasteiger partial charge in [0.15, 0.2) is 0 Å². The summed E-state index contributed by atoms with van der Waals surface area (Å²) in [5, 5.41) is 1.08. The van der Waals surface area contributed by atoms with E-state index in [1.165, 1.54) is 4.88 Å². The van der Waals surface area contributed by atoms with E-state index in [4.69, 9.17) is 10.7 Å². The number of thiazole rings is 1. The summed E-state index contributed by atoms with van der Waals surface area (Å²) in [5.41, 5.74) is 8.23. The third-order valence-corrected chi connectivity index (χ3v) is 5.07. The Bertz CT molecular complexity index is 575. The van der Waals surface area contributed by atoms with Crippen LogP contribution in [-0.2, 0) is 6.42 Å². The maximum Gasteiger partial charge on any atom is 0.124 e. The van der Waals surface area contributed by atoms with E-state index in [0.717, 1.165) is 27.2 Å². The van der Waals surface area contributed by atoms with E-state index in [2.05, 4.69) is 48.8 Å². The zero-order valence-corrected chi connectivity index (χ0v) is 13.9. The minimum Gasteiger partial charge on any atom is -0.330 e. The highest BCUT2D eigenvalue weighted by molar-refractivity contribution is 9.10. The number of aryl methyl sites for hydroxylation is 1. The molecule has 4 heteroatoms. The summed E-state index contributed by atoms with van der Waals surface area (Å²) < 4.78 is 1.09. The first-order chi connectivity index (χ1) is 8.93. The molecule has 0 aliphatic heterocycles. The van der Waals surface area contributed by atoms with E-state index in [9.17, 15) is 0 Å². The number of nitrogens with two attached hydrogens (primary N) is 1. The van der Waals surface area contributed by atoms with E-state index >= 15 is 0 Å². The number of hydrogen-bond donors (Lipinski definition) is 1. The lowest BCUT2D eigenvalue weighted by molar-refractivity contribution is 0.379. The highest BCUT2D eigenvalue weighted by atomic mass is 79.9. The minimum atomic E-state index is 0.127. The molecule has 0 atom stereocenters. The molecular weight excluding hydrogens is 320 g/mol. The van der Waals surface area contributed by atoms with Crippen LogP contribution < -0.4 is 5.73 Å². The number of halogens is 1. The van der Waals surface area contributed by atoms with Gasteiger partial charge in [0.1, 0.15) is 5.01 Å². The monoisotopic (exact) mass is 338 g/mol. The second-order valence-electron chi connectivity index (χ2n) is 5.55. The molecule has 0 aliphatic carbocycles. The fourth-order valence-electron chi connectivity index (χ4n) is 1.85. The molecule has 0 fully saturated rings. The van der Waals surface area contributed by atoms with Gasteiger partial charge in [0, 0.05) is 14.9 Å². The van der Waals surface area contributed by atoms with Gasteiger partial charge >= 0.3 is 0 Å². The van der Waals surface area contributed by atoms with Gasteiger partial charge in [-0.1, -0.05) is 48.0 Å². The van der Waals surface area contributed by atoms with Crippen molar-refractivity contribution in [3.05, 3.63) is 39.3 Å². The van der Waals surface area contributed by atoms with Crippen LogP contribution in [0, 0.1) is 12.3 Å². The van der Waals surface area contributed by atoms with Gasteiger partial charge in [-0.25, -0.2) is 4.98 Å². The number of aromatic nitrogens is 1. The molecule has 0 saturated heterocycles. The van der Waals surface area contributed by atoms with Gasteiger partial charge in [-0.05, 0) is 31.4 Å². The lowest BCUT2D eigenvalue weighted by Crippen LogP contribution is -2.25. The van der Waals surface area contributed by atoms with E-state index in [-0.39, 0.29) is 5.41 Å². The summed E-state index contributed by atoms with van der Waals surface area (Å²) >= 11 is 5.36. The fourth-order valence-corrected chi connectivity index (χ4v) is 3.81. The molecule has 1 aromatic heterocycles. The average Bonchev–Trinajstić information content (AvgIpc) is 2.71. The van der Waals surface area contributed by atoms with Gasteiger partial charge in [0.2, 0.25) is 0 Å². The predicted molar refractivity (Wildman–Crippen MR) is 86.5 cm³/mol. The van der Waals surface area contributed by atoms with E-state index < -0.39 is 0 Å². The van der Waals surface area contributed by atoms with Gasteiger partial charge < -0.3 is 5.73 Å².